The van der Waals surface area contributed by atoms with E-state index >= 15 is 0 Å². The van der Waals surface area contributed by atoms with E-state index in [-0.39, 0.29) is 5.91 Å². The molecule has 2 aromatic heterocycles. The van der Waals surface area contributed by atoms with Crippen molar-refractivity contribution in [1.82, 2.24) is 19.9 Å². The zero-order valence-electron chi connectivity index (χ0n) is 16.7. The van der Waals surface area contributed by atoms with Gasteiger partial charge in [-0.15, -0.1) is 0 Å². The summed E-state index contributed by atoms with van der Waals surface area (Å²) in [4.78, 5) is 20.7. The number of hydrogen-bond acceptors (Lipinski definition) is 6. The Morgan fingerprint density at radius 2 is 1.91 bits per heavy atom. The largest absolute Gasteiger partial charge is 0.534 e. The summed E-state index contributed by atoms with van der Waals surface area (Å²) >= 11 is 0. The Hall–Kier alpha value is -3.93. The van der Waals surface area contributed by atoms with Gasteiger partial charge < -0.3 is 9.50 Å². The average molecular weight is 476 g/mol. The van der Waals surface area contributed by atoms with Gasteiger partial charge in [0.1, 0.15) is 12.1 Å². The third-order valence-electron chi connectivity index (χ3n) is 4.57. The van der Waals surface area contributed by atoms with E-state index in [9.17, 15) is 26.4 Å². The lowest BCUT2D eigenvalue weighted by Gasteiger charge is -2.11. The number of carbonyl (C=O) groups excluding carboxylic acids is 1. The van der Waals surface area contributed by atoms with Crippen molar-refractivity contribution in [3.63, 3.8) is 0 Å². The van der Waals surface area contributed by atoms with Crippen molar-refractivity contribution in [3.8, 4) is 11.4 Å². The SMILES string of the molecule is O=C(NCc1cccnc1)c1ccc2c(c1)ncn2-c1cccc(OS(=O)(=O)C(F)(F)F)c1. The molecular weight excluding hydrogens is 461 g/mol. The second kappa shape index (κ2) is 8.54. The average Bonchev–Trinajstić information content (AvgIpc) is 3.20. The normalized spacial score (nSPS) is 12.0. The van der Waals surface area contributed by atoms with Crippen LogP contribution in [0.25, 0.3) is 16.7 Å². The van der Waals surface area contributed by atoms with Crippen molar-refractivity contribution >= 4 is 27.1 Å². The number of benzene rings is 2. The lowest BCUT2D eigenvalue weighted by atomic mass is 10.1. The standard InChI is InChI=1S/C21H15F3N4O4S/c22-21(23,24)33(30,31)32-17-5-1-4-16(10-17)28-13-27-18-9-15(6-7-19(18)28)20(29)26-12-14-3-2-8-25-11-14/h1-11,13H,12H2,(H,26,29). The summed E-state index contributed by atoms with van der Waals surface area (Å²) in [5.41, 5.74) is -3.01. The highest BCUT2D eigenvalue weighted by molar-refractivity contribution is 7.88. The van der Waals surface area contributed by atoms with Gasteiger partial charge >= 0.3 is 15.6 Å². The molecule has 0 aliphatic carbocycles. The number of pyridine rings is 1. The van der Waals surface area contributed by atoms with Crippen LogP contribution < -0.4 is 9.50 Å². The molecule has 4 aromatic rings. The molecule has 0 spiro atoms. The van der Waals surface area contributed by atoms with Crippen LogP contribution >= 0.6 is 0 Å². The zero-order chi connectivity index (χ0) is 23.6. The van der Waals surface area contributed by atoms with Gasteiger partial charge in [-0.1, -0.05) is 12.1 Å². The zero-order valence-corrected chi connectivity index (χ0v) is 17.5. The van der Waals surface area contributed by atoms with Crippen LogP contribution in [0.1, 0.15) is 15.9 Å². The first-order valence-electron chi connectivity index (χ1n) is 9.39. The van der Waals surface area contributed by atoms with Crippen LogP contribution in [-0.4, -0.2) is 34.4 Å². The van der Waals surface area contributed by atoms with Crippen LogP contribution in [0.2, 0.25) is 0 Å². The van der Waals surface area contributed by atoms with Crippen molar-refractivity contribution in [2.75, 3.05) is 0 Å². The van der Waals surface area contributed by atoms with Gasteiger partial charge in [-0.05, 0) is 42.0 Å². The molecule has 4 rings (SSSR count). The third kappa shape index (κ3) is 4.80. The molecule has 0 saturated carbocycles. The molecule has 0 bridgehead atoms. The van der Waals surface area contributed by atoms with Gasteiger partial charge in [0.25, 0.3) is 5.91 Å². The number of hydrogen-bond donors (Lipinski definition) is 1. The minimum atomic E-state index is -5.79. The number of carbonyl (C=O) groups is 1. The second-order valence-electron chi connectivity index (χ2n) is 6.84. The van der Waals surface area contributed by atoms with Crippen LogP contribution in [0.3, 0.4) is 0 Å². The molecule has 2 heterocycles. The number of fused-ring (bicyclic) bond motifs is 1. The first kappa shape index (κ1) is 22.3. The highest BCUT2D eigenvalue weighted by atomic mass is 32.2. The number of alkyl halides is 3. The van der Waals surface area contributed by atoms with E-state index in [1.165, 1.54) is 17.0 Å². The fourth-order valence-corrected chi connectivity index (χ4v) is 3.46. The molecule has 0 atom stereocenters. The second-order valence-corrected chi connectivity index (χ2v) is 8.38. The summed E-state index contributed by atoms with van der Waals surface area (Å²) in [6, 6.07) is 13.5. The van der Waals surface area contributed by atoms with E-state index in [0.717, 1.165) is 17.7 Å². The van der Waals surface area contributed by atoms with E-state index in [0.29, 0.717) is 28.8 Å². The fourth-order valence-electron chi connectivity index (χ4n) is 3.01. The van der Waals surface area contributed by atoms with Crippen molar-refractivity contribution < 1.29 is 30.6 Å². The van der Waals surface area contributed by atoms with E-state index in [1.807, 2.05) is 6.07 Å². The van der Waals surface area contributed by atoms with E-state index in [4.69, 9.17) is 0 Å². The molecule has 0 aliphatic heterocycles. The number of rotatable bonds is 6. The minimum Gasteiger partial charge on any atom is -0.376 e. The van der Waals surface area contributed by atoms with Crippen molar-refractivity contribution in [3.05, 3.63) is 84.4 Å². The maximum absolute atomic E-state index is 12.6. The maximum atomic E-state index is 12.6. The number of imidazole rings is 1. The highest BCUT2D eigenvalue weighted by Gasteiger charge is 2.48. The van der Waals surface area contributed by atoms with Crippen LogP contribution in [0.4, 0.5) is 13.2 Å². The summed E-state index contributed by atoms with van der Waals surface area (Å²) in [5, 5.41) is 2.78. The monoisotopic (exact) mass is 476 g/mol. The Morgan fingerprint density at radius 1 is 1.09 bits per heavy atom. The molecule has 0 aliphatic rings. The van der Waals surface area contributed by atoms with Crippen LogP contribution in [0, 0.1) is 0 Å². The summed E-state index contributed by atoms with van der Waals surface area (Å²) < 4.78 is 66.0. The Bertz CT molecular complexity index is 1420. The summed E-state index contributed by atoms with van der Waals surface area (Å²) in [6.07, 6.45) is 4.68. The molecule has 1 N–H and O–H groups in total. The van der Waals surface area contributed by atoms with E-state index < -0.39 is 21.4 Å². The molecule has 1 amide bonds. The number of nitrogens with zero attached hydrogens (tertiary/aromatic N) is 3. The van der Waals surface area contributed by atoms with Crippen LogP contribution in [0.5, 0.6) is 5.75 Å². The topological polar surface area (TPSA) is 103 Å². The van der Waals surface area contributed by atoms with Gasteiger partial charge in [0.2, 0.25) is 0 Å². The Kier molecular flexibility index (Phi) is 5.77. The Morgan fingerprint density at radius 3 is 2.64 bits per heavy atom. The predicted octanol–water partition coefficient (Wildman–Crippen LogP) is 3.58. The molecule has 33 heavy (non-hydrogen) atoms. The van der Waals surface area contributed by atoms with Crippen LogP contribution in [0.15, 0.2) is 73.3 Å². The lowest BCUT2D eigenvalue weighted by molar-refractivity contribution is -0.0500. The van der Waals surface area contributed by atoms with E-state index in [1.54, 1.807) is 42.7 Å². The van der Waals surface area contributed by atoms with Gasteiger partial charge in [0.05, 0.1) is 16.7 Å². The summed E-state index contributed by atoms with van der Waals surface area (Å²) in [7, 11) is -5.79. The first-order chi connectivity index (χ1) is 15.6. The third-order valence-corrected chi connectivity index (χ3v) is 5.55. The molecular formula is C21H15F3N4O4S. The van der Waals surface area contributed by atoms with E-state index in [2.05, 4.69) is 19.5 Å². The van der Waals surface area contributed by atoms with Gasteiger partial charge in [0.15, 0.2) is 0 Å². The number of halogens is 3. The fraction of sp³-hybridized carbons (Fsp3) is 0.0952. The summed E-state index contributed by atoms with van der Waals surface area (Å²) in [6.45, 7) is 0.298. The highest BCUT2D eigenvalue weighted by Crippen LogP contribution is 2.28. The van der Waals surface area contributed by atoms with Gasteiger partial charge in [-0.3, -0.25) is 14.3 Å². The van der Waals surface area contributed by atoms with Gasteiger partial charge in [-0.25, -0.2) is 4.98 Å². The molecule has 0 radical (unpaired) electrons. The minimum absolute atomic E-state index is 0.298. The molecule has 0 fully saturated rings. The summed E-state index contributed by atoms with van der Waals surface area (Å²) in [5.74, 6) is -0.818. The molecule has 8 nitrogen and oxygen atoms in total. The predicted molar refractivity (Wildman–Crippen MR) is 112 cm³/mol. The van der Waals surface area contributed by atoms with Crippen molar-refractivity contribution in [2.45, 2.75) is 12.1 Å². The quantitative estimate of drug-likeness (QED) is 0.337. The smallest absolute Gasteiger partial charge is 0.376 e. The first-order valence-corrected chi connectivity index (χ1v) is 10.8. The number of aromatic nitrogens is 3. The Labute approximate surface area is 185 Å². The number of amides is 1. The van der Waals surface area contributed by atoms with Crippen molar-refractivity contribution in [2.24, 2.45) is 0 Å². The molecule has 12 heteroatoms. The number of nitrogens with one attached hydrogen (secondary N) is 1. The van der Waals surface area contributed by atoms with Crippen LogP contribution in [-0.2, 0) is 16.7 Å². The molecule has 2 aromatic carbocycles. The lowest BCUT2D eigenvalue weighted by Crippen LogP contribution is -2.28. The van der Waals surface area contributed by atoms with Gasteiger partial charge in [0, 0.05) is 30.6 Å². The Balaban J connectivity index is 1.56. The molecule has 0 unspecified atom stereocenters. The maximum Gasteiger partial charge on any atom is 0.534 e. The molecule has 0 saturated heterocycles. The molecule has 170 valence electrons. The van der Waals surface area contributed by atoms with Gasteiger partial charge in [-0.2, -0.15) is 21.6 Å². The van der Waals surface area contributed by atoms with Crippen molar-refractivity contribution in [1.29, 1.82) is 0 Å².